The first-order valence-electron chi connectivity index (χ1n) is 7.97. The number of hydrogen-bond acceptors (Lipinski definition) is 4. The zero-order valence-electron chi connectivity index (χ0n) is 13.3. The first-order valence-corrected chi connectivity index (χ1v) is 9.23. The molecule has 0 N–H and O–H groups in total. The predicted molar refractivity (Wildman–Crippen MR) is 98.8 cm³/mol. The molecule has 7 heteroatoms. The van der Waals surface area contributed by atoms with Crippen molar-refractivity contribution in [3.63, 3.8) is 0 Å². The molecule has 5 nitrogen and oxygen atoms in total. The van der Waals surface area contributed by atoms with Crippen LogP contribution in [0, 0.1) is 0 Å². The summed E-state index contributed by atoms with van der Waals surface area (Å²) in [7, 11) is 0. The van der Waals surface area contributed by atoms with Crippen LogP contribution in [0.2, 0.25) is 5.15 Å². The minimum atomic E-state index is -0.0885. The fourth-order valence-electron chi connectivity index (χ4n) is 2.90. The van der Waals surface area contributed by atoms with Crippen LogP contribution in [0.15, 0.2) is 48.0 Å². The second-order valence-electron chi connectivity index (χ2n) is 5.73. The Kier molecular flexibility index (Phi) is 4.57. The van der Waals surface area contributed by atoms with Crippen LogP contribution in [0.3, 0.4) is 0 Å². The van der Waals surface area contributed by atoms with E-state index in [0.717, 1.165) is 16.2 Å². The highest BCUT2D eigenvalue weighted by Crippen LogP contribution is 2.24. The van der Waals surface area contributed by atoms with Gasteiger partial charge in [0.1, 0.15) is 6.10 Å². The van der Waals surface area contributed by atoms with Crippen LogP contribution < -0.4 is 0 Å². The molecule has 25 heavy (non-hydrogen) atoms. The Hall–Kier alpha value is -2.15. The number of aromatic nitrogens is 2. The highest BCUT2D eigenvalue weighted by atomic mass is 35.5. The molecule has 4 rings (SSSR count). The molecule has 0 radical (unpaired) electrons. The number of benzene rings is 1. The maximum absolute atomic E-state index is 12.6. The summed E-state index contributed by atoms with van der Waals surface area (Å²) >= 11 is 7.66. The summed E-state index contributed by atoms with van der Waals surface area (Å²) in [6.45, 7) is 1.66. The molecule has 128 valence electrons. The fourth-order valence-corrected chi connectivity index (χ4v) is 3.91. The molecule has 1 unspecified atom stereocenters. The van der Waals surface area contributed by atoms with Crippen molar-refractivity contribution in [2.75, 3.05) is 19.7 Å². The number of nitrogens with zero attached hydrogens (tertiary/aromatic N) is 3. The van der Waals surface area contributed by atoms with Crippen molar-refractivity contribution in [2.45, 2.75) is 6.10 Å². The molecule has 3 aromatic rings. The van der Waals surface area contributed by atoms with Gasteiger partial charge in [0.05, 0.1) is 18.8 Å². The SMILES string of the molecule is O=C(/C=C/c1c(Cl)nc2sccn12)N1CCOC(c2ccccc2)C1. The average molecular weight is 374 g/mol. The third-order valence-electron chi connectivity index (χ3n) is 4.19. The lowest BCUT2D eigenvalue weighted by atomic mass is 10.1. The molecular formula is C18H16ClN3O2S. The lowest BCUT2D eigenvalue weighted by molar-refractivity contribution is -0.133. The summed E-state index contributed by atoms with van der Waals surface area (Å²) < 4.78 is 7.69. The number of ether oxygens (including phenoxy) is 1. The van der Waals surface area contributed by atoms with Gasteiger partial charge >= 0.3 is 0 Å². The minimum Gasteiger partial charge on any atom is -0.370 e. The van der Waals surface area contributed by atoms with E-state index in [0.29, 0.717) is 24.8 Å². The van der Waals surface area contributed by atoms with Crippen LogP contribution >= 0.6 is 22.9 Å². The van der Waals surface area contributed by atoms with Gasteiger partial charge in [0, 0.05) is 24.2 Å². The van der Waals surface area contributed by atoms with Gasteiger partial charge in [0.2, 0.25) is 5.91 Å². The molecule has 0 bridgehead atoms. The van der Waals surface area contributed by atoms with E-state index in [2.05, 4.69) is 4.98 Å². The molecule has 1 fully saturated rings. The van der Waals surface area contributed by atoms with E-state index < -0.39 is 0 Å². The van der Waals surface area contributed by atoms with Gasteiger partial charge in [-0.1, -0.05) is 41.9 Å². The Bertz CT molecular complexity index is 919. The molecule has 1 atom stereocenters. The number of imidazole rings is 1. The molecule has 3 heterocycles. The maximum atomic E-state index is 12.6. The highest BCUT2D eigenvalue weighted by molar-refractivity contribution is 7.15. The lowest BCUT2D eigenvalue weighted by Crippen LogP contribution is -2.41. The van der Waals surface area contributed by atoms with E-state index in [1.54, 1.807) is 17.1 Å². The molecule has 0 aliphatic carbocycles. The van der Waals surface area contributed by atoms with Crippen LogP contribution in [-0.4, -0.2) is 39.9 Å². The van der Waals surface area contributed by atoms with Crippen LogP contribution in [0.5, 0.6) is 0 Å². The van der Waals surface area contributed by atoms with Crippen LogP contribution in [0.4, 0.5) is 0 Å². The van der Waals surface area contributed by atoms with E-state index in [1.165, 1.54) is 11.3 Å². The largest absolute Gasteiger partial charge is 0.370 e. The minimum absolute atomic E-state index is 0.0505. The molecule has 0 spiro atoms. The first-order chi connectivity index (χ1) is 12.2. The van der Waals surface area contributed by atoms with Crippen molar-refractivity contribution in [3.05, 3.63) is 64.4 Å². The van der Waals surface area contributed by atoms with Gasteiger partial charge < -0.3 is 9.64 Å². The lowest BCUT2D eigenvalue weighted by Gasteiger charge is -2.32. The number of rotatable bonds is 3. The number of thiazole rings is 1. The summed E-state index contributed by atoms with van der Waals surface area (Å²) in [4.78, 5) is 19.5. The van der Waals surface area contributed by atoms with Crippen LogP contribution in [0.25, 0.3) is 11.0 Å². The third-order valence-corrected chi connectivity index (χ3v) is 5.22. The summed E-state index contributed by atoms with van der Waals surface area (Å²) in [5, 5.41) is 2.34. The van der Waals surface area contributed by atoms with Gasteiger partial charge in [0.15, 0.2) is 10.1 Å². The van der Waals surface area contributed by atoms with E-state index in [1.807, 2.05) is 46.3 Å². The summed E-state index contributed by atoms with van der Waals surface area (Å²) in [5.41, 5.74) is 1.81. The number of halogens is 1. The Morgan fingerprint density at radius 3 is 3.04 bits per heavy atom. The summed E-state index contributed by atoms with van der Waals surface area (Å²) in [6, 6.07) is 9.97. The van der Waals surface area contributed by atoms with Crippen molar-refractivity contribution in [1.29, 1.82) is 0 Å². The maximum Gasteiger partial charge on any atom is 0.246 e. The van der Waals surface area contributed by atoms with Gasteiger partial charge in [-0.3, -0.25) is 9.20 Å². The number of hydrogen-bond donors (Lipinski definition) is 0. The Morgan fingerprint density at radius 1 is 1.36 bits per heavy atom. The molecular weight excluding hydrogens is 358 g/mol. The van der Waals surface area contributed by atoms with Crippen molar-refractivity contribution in [2.24, 2.45) is 0 Å². The van der Waals surface area contributed by atoms with E-state index in [4.69, 9.17) is 16.3 Å². The standard InChI is InChI=1S/C18H16ClN3O2S/c19-17-14(22-9-11-25-18(22)20-17)6-7-16(23)21-8-10-24-15(12-21)13-4-2-1-3-5-13/h1-7,9,11,15H,8,10,12H2/b7-6+. The smallest absolute Gasteiger partial charge is 0.246 e. The second kappa shape index (κ2) is 7.00. The zero-order valence-corrected chi connectivity index (χ0v) is 14.9. The van der Waals surface area contributed by atoms with Crippen molar-refractivity contribution in [3.8, 4) is 0 Å². The molecule has 1 aliphatic heterocycles. The second-order valence-corrected chi connectivity index (χ2v) is 6.96. The van der Waals surface area contributed by atoms with E-state index in [9.17, 15) is 4.79 Å². The molecule has 1 saturated heterocycles. The van der Waals surface area contributed by atoms with Crippen LogP contribution in [-0.2, 0) is 9.53 Å². The van der Waals surface area contributed by atoms with Gasteiger partial charge in [0.25, 0.3) is 0 Å². The highest BCUT2D eigenvalue weighted by Gasteiger charge is 2.24. The van der Waals surface area contributed by atoms with Gasteiger partial charge in [-0.2, -0.15) is 0 Å². The topological polar surface area (TPSA) is 46.8 Å². The van der Waals surface area contributed by atoms with Gasteiger partial charge in [-0.05, 0) is 11.6 Å². The number of amides is 1. The van der Waals surface area contributed by atoms with Crippen LogP contribution in [0.1, 0.15) is 17.4 Å². The molecule has 1 aliphatic rings. The van der Waals surface area contributed by atoms with E-state index in [-0.39, 0.29) is 12.0 Å². The van der Waals surface area contributed by atoms with Crippen molar-refractivity contribution >= 4 is 39.9 Å². The molecule has 0 saturated carbocycles. The molecule has 1 aromatic carbocycles. The Morgan fingerprint density at radius 2 is 2.20 bits per heavy atom. The quantitative estimate of drug-likeness (QED) is 0.658. The monoisotopic (exact) mass is 373 g/mol. The molecule has 2 aromatic heterocycles. The molecule has 1 amide bonds. The van der Waals surface area contributed by atoms with Gasteiger partial charge in [-0.15, -0.1) is 11.3 Å². The first kappa shape index (κ1) is 16.3. The summed E-state index contributed by atoms with van der Waals surface area (Å²) in [5.74, 6) is -0.0505. The zero-order chi connectivity index (χ0) is 17.2. The summed E-state index contributed by atoms with van der Waals surface area (Å²) in [6.07, 6.45) is 5.09. The number of carbonyl (C=O) groups is 1. The Labute approximate surface area is 154 Å². The Balaban J connectivity index is 1.49. The average Bonchev–Trinajstić information content (AvgIpc) is 3.21. The fraction of sp³-hybridized carbons (Fsp3) is 0.222. The van der Waals surface area contributed by atoms with Crippen molar-refractivity contribution < 1.29 is 9.53 Å². The normalized spacial score (nSPS) is 18.3. The number of morpholine rings is 1. The predicted octanol–water partition coefficient (Wildman–Crippen LogP) is 3.66. The number of carbonyl (C=O) groups excluding carboxylic acids is 1. The number of fused-ring (bicyclic) bond motifs is 1. The van der Waals surface area contributed by atoms with Crippen molar-refractivity contribution in [1.82, 2.24) is 14.3 Å². The third kappa shape index (κ3) is 3.33. The van der Waals surface area contributed by atoms with E-state index >= 15 is 0 Å². The van der Waals surface area contributed by atoms with Gasteiger partial charge in [-0.25, -0.2) is 4.98 Å².